The molecule has 0 fully saturated rings. The third-order valence-electron chi connectivity index (χ3n) is 2.73. The summed E-state index contributed by atoms with van der Waals surface area (Å²) >= 11 is 0. The Morgan fingerprint density at radius 3 is 2.35 bits per heavy atom. The molecule has 2 unspecified atom stereocenters. The van der Waals surface area contributed by atoms with Gasteiger partial charge in [0.25, 0.3) is 0 Å². The quantitative estimate of drug-likeness (QED) is 0.826. The molecule has 96 valence electrons. The van der Waals surface area contributed by atoms with E-state index in [-0.39, 0.29) is 12.1 Å². The van der Waals surface area contributed by atoms with E-state index in [0.717, 1.165) is 5.56 Å². The number of ether oxygens (including phenoxy) is 3. The molecule has 0 aliphatic rings. The second-order valence-electron chi connectivity index (χ2n) is 3.80. The topological polar surface area (TPSA) is 53.7 Å². The van der Waals surface area contributed by atoms with Crippen LogP contribution in [-0.4, -0.2) is 26.9 Å². The van der Waals surface area contributed by atoms with Gasteiger partial charge in [-0.15, -0.1) is 0 Å². The molecule has 0 aliphatic heterocycles. The summed E-state index contributed by atoms with van der Waals surface area (Å²) in [6.07, 6.45) is -0.0295. The summed E-state index contributed by atoms with van der Waals surface area (Å²) in [5, 5.41) is 0. The smallest absolute Gasteiger partial charge is 0.161 e. The van der Waals surface area contributed by atoms with Crippen LogP contribution < -0.4 is 15.2 Å². The van der Waals surface area contributed by atoms with E-state index in [9.17, 15) is 0 Å². The van der Waals surface area contributed by atoms with Gasteiger partial charge in [-0.05, 0) is 31.5 Å². The Morgan fingerprint density at radius 1 is 1.18 bits per heavy atom. The zero-order valence-electron chi connectivity index (χ0n) is 10.9. The van der Waals surface area contributed by atoms with Gasteiger partial charge in [-0.2, -0.15) is 0 Å². The largest absolute Gasteiger partial charge is 0.493 e. The average molecular weight is 239 g/mol. The van der Waals surface area contributed by atoms with E-state index in [4.69, 9.17) is 19.9 Å². The van der Waals surface area contributed by atoms with Gasteiger partial charge in [0.15, 0.2) is 11.5 Å². The van der Waals surface area contributed by atoms with Crippen LogP contribution in [0.15, 0.2) is 18.2 Å². The highest BCUT2D eigenvalue weighted by molar-refractivity contribution is 5.43. The molecule has 17 heavy (non-hydrogen) atoms. The van der Waals surface area contributed by atoms with Crippen molar-refractivity contribution in [3.05, 3.63) is 23.8 Å². The lowest BCUT2D eigenvalue weighted by atomic mass is 10.0. The summed E-state index contributed by atoms with van der Waals surface area (Å²) in [5.41, 5.74) is 7.09. The van der Waals surface area contributed by atoms with E-state index in [1.807, 2.05) is 32.0 Å². The number of hydrogen-bond acceptors (Lipinski definition) is 4. The van der Waals surface area contributed by atoms with Gasteiger partial charge in [0.05, 0.1) is 26.4 Å². The van der Waals surface area contributed by atoms with Crippen molar-refractivity contribution in [1.82, 2.24) is 0 Å². The second kappa shape index (κ2) is 6.47. The van der Waals surface area contributed by atoms with Crippen LogP contribution >= 0.6 is 0 Å². The third kappa shape index (κ3) is 3.35. The van der Waals surface area contributed by atoms with Crippen LogP contribution in [0.25, 0.3) is 0 Å². The molecule has 0 bridgehead atoms. The van der Waals surface area contributed by atoms with Crippen LogP contribution in [0.3, 0.4) is 0 Å². The number of rotatable bonds is 6. The summed E-state index contributed by atoms with van der Waals surface area (Å²) in [4.78, 5) is 0. The predicted octanol–water partition coefficient (Wildman–Crippen LogP) is 2.13. The SMILES string of the molecule is CCOC(C)C(N)c1ccc(OC)c(OC)c1. The lowest BCUT2D eigenvalue weighted by Gasteiger charge is -2.21. The first-order valence-corrected chi connectivity index (χ1v) is 5.73. The summed E-state index contributed by atoms with van der Waals surface area (Å²) in [6, 6.07) is 5.50. The minimum atomic E-state index is -0.172. The standard InChI is InChI=1S/C13H21NO3/c1-5-17-9(2)13(14)10-6-7-11(15-3)12(8-10)16-4/h6-9,13H,5,14H2,1-4H3. The van der Waals surface area contributed by atoms with Crippen molar-refractivity contribution in [2.75, 3.05) is 20.8 Å². The molecule has 1 rings (SSSR count). The molecule has 0 aliphatic carbocycles. The van der Waals surface area contributed by atoms with Crippen molar-refractivity contribution >= 4 is 0 Å². The van der Waals surface area contributed by atoms with Crippen molar-refractivity contribution in [3.63, 3.8) is 0 Å². The lowest BCUT2D eigenvalue weighted by molar-refractivity contribution is 0.0574. The van der Waals surface area contributed by atoms with Crippen molar-refractivity contribution < 1.29 is 14.2 Å². The minimum Gasteiger partial charge on any atom is -0.493 e. The molecule has 0 aromatic heterocycles. The Kier molecular flexibility index (Phi) is 5.25. The first-order valence-electron chi connectivity index (χ1n) is 5.73. The fourth-order valence-electron chi connectivity index (χ4n) is 1.70. The molecule has 2 atom stereocenters. The highest BCUT2D eigenvalue weighted by Crippen LogP contribution is 2.30. The molecule has 2 N–H and O–H groups in total. The van der Waals surface area contributed by atoms with Crippen LogP contribution in [0.1, 0.15) is 25.5 Å². The number of benzene rings is 1. The average Bonchev–Trinajstić information content (AvgIpc) is 2.37. The maximum atomic E-state index is 6.12. The summed E-state index contributed by atoms with van der Waals surface area (Å²) in [7, 11) is 3.22. The highest BCUT2D eigenvalue weighted by atomic mass is 16.5. The fraction of sp³-hybridized carbons (Fsp3) is 0.538. The molecule has 4 nitrogen and oxygen atoms in total. The van der Waals surface area contributed by atoms with Crippen LogP contribution in [0.2, 0.25) is 0 Å². The molecular weight excluding hydrogens is 218 g/mol. The zero-order valence-corrected chi connectivity index (χ0v) is 10.9. The van der Waals surface area contributed by atoms with Gasteiger partial charge >= 0.3 is 0 Å². The summed E-state index contributed by atoms with van der Waals surface area (Å²) in [5.74, 6) is 1.39. The number of methoxy groups -OCH3 is 2. The van der Waals surface area contributed by atoms with Gasteiger partial charge in [-0.1, -0.05) is 6.07 Å². The van der Waals surface area contributed by atoms with E-state index in [0.29, 0.717) is 18.1 Å². The monoisotopic (exact) mass is 239 g/mol. The van der Waals surface area contributed by atoms with Crippen LogP contribution in [0, 0.1) is 0 Å². The Labute approximate surface area is 103 Å². The molecule has 0 heterocycles. The number of hydrogen-bond donors (Lipinski definition) is 1. The van der Waals surface area contributed by atoms with E-state index in [1.165, 1.54) is 0 Å². The molecule has 1 aromatic rings. The number of nitrogens with two attached hydrogens (primary N) is 1. The Balaban J connectivity index is 2.91. The van der Waals surface area contributed by atoms with E-state index >= 15 is 0 Å². The van der Waals surface area contributed by atoms with Gasteiger partial charge in [-0.25, -0.2) is 0 Å². The zero-order chi connectivity index (χ0) is 12.8. The third-order valence-corrected chi connectivity index (χ3v) is 2.73. The first kappa shape index (κ1) is 13.8. The van der Waals surface area contributed by atoms with Crippen LogP contribution in [-0.2, 0) is 4.74 Å². The lowest BCUT2D eigenvalue weighted by Crippen LogP contribution is -2.26. The van der Waals surface area contributed by atoms with E-state index in [2.05, 4.69) is 0 Å². The molecule has 0 radical (unpaired) electrons. The van der Waals surface area contributed by atoms with E-state index in [1.54, 1.807) is 14.2 Å². The van der Waals surface area contributed by atoms with Gasteiger partial charge in [0.1, 0.15) is 0 Å². The highest BCUT2D eigenvalue weighted by Gasteiger charge is 2.16. The Bertz CT molecular complexity index is 355. The summed E-state index contributed by atoms with van der Waals surface area (Å²) < 4.78 is 15.9. The predicted molar refractivity (Wildman–Crippen MR) is 67.6 cm³/mol. The fourth-order valence-corrected chi connectivity index (χ4v) is 1.70. The van der Waals surface area contributed by atoms with Gasteiger partial charge < -0.3 is 19.9 Å². The van der Waals surface area contributed by atoms with Gasteiger partial charge in [0.2, 0.25) is 0 Å². The molecule has 0 saturated heterocycles. The molecular formula is C13H21NO3. The first-order chi connectivity index (χ1) is 8.13. The molecule has 0 saturated carbocycles. The molecule has 0 amide bonds. The van der Waals surface area contributed by atoms with Gasteiger partial charge in [0, 0.05) is 6.61 Å². The normalized spacial score (nSPS) is 14.2. The van der Waals surface area contributed by atoms with Gasteiger partial charge in [-0.3, -0.25) is 0 Å². The van der Waals surface area contributed by atoms with E-state index < -0.39 is 0 Å². The Morgan fingerprint density at radius 2 is 1.82 bits per heavy atom. The molecule has 0 spiro atoms. The minimum absolute atomic E-state index is 0.0295. The van der Waals surface area contributed by atoms with Crippen LogP contribution in [0.4, 0.5) is 0 Å². The maximum absolute atomic E-state index is 6.12. The molecule has 1 aromatic carbocycles. The van der Waals surface area contributed by atoms with Crippen molar-refractivity contribution in [3.8, 4) is 11.5 Å². The van der Waals surface area contributed by atoms with Crippen LogP contribution in [0.5, 0.6) is 11.5 Å². The maximum Gasteiger partial charge on any atom is 0.161 e. The van der Waals surface area contributed by atoms with Crippen molar-refractivity contribution in [2.24, 2.45) is 5.73 Å². The van der Waals surface area contributed by atoms with Crippen molar-refractivity contribution in [2.45, 2.75) is 26.0 Å². The second-order valence-corrected chi connectivity index (χ2v) is 3.80. The molecule has 4 heteroatoms. The summed E-state index contributed by atoms with van der Waals surface area (Å²) in [6.45, 7) is 4.57. The Hall–Kier alpha value is -1.26. The van der Waals surface area contributed by atoms with Crippen molar-refractivity contribution in [1.29, 1.82) is 0 Å².